The van der Waals surface area contributed by atoms with Crippen LogP contribution >= 0.6 is 0 Å². The number of alkyl halides is 2. The van der Waals surface area contributed by atoms with Crippen LogP contribution in [-0.2, 0) is 4.74 Å². The Balaban J connectivity index is 2.59. The smallest absolute Gasteiger partial charge is 0.261 e. The van der Waals surface area contributed by atoms with E-state index in [1.54, 1.807) is 0 Å². The molecule has 0 fully saturated rings. The number of carbonyl (C=O) groups is 1. The number of hydrogen-bond acceptors (Lipinski definition) is 2. The van der Waals surface area contributed by atoms with E-state index in [4.69, 9.17) is 0 Å². The van der Waals surface area contributed by atoms with Gasteiger partial charge >= 0.3 is 0 Å². The lowest BCUT2D eigenvalue weighted by atomic mass is 10.1. The number of Topliss-reactive ketones (excluding diaryl/α,β-unsaturated/α-hetero) is 1. The third kappa shape index (κ3) is 4.06. The number of hydrogen-bond donors (Lipinski definition) is 0. The van der Waals surface area contributed by atoms with Gasteiger partial charge in [0.15, 0.2) is 17.4 Å². The molecule has 0 radical (unpaired) electrons. The molecular weight excluding hydrogens is 259 g/mol. The summed E-state index contributed by atoms with van der Waals surface area (Å²) in [6.45, 7) is -1.19. The monoisotopic (exact) mass is 268 g/mol. The lowest BCUT2D eigenvalue weighted by Gasteiger charge is -2.05. The zero-order chi connectivity index (χ0) is 13.7. The summed E-state index contributed by atoms with van der Waals surface area (Å²) in [5, 5.41) is 0. The van der Waals surface area contributed by atoms with Crippen molar-refractivity contribution in [3.63, 3.8) is 0 Å². The van der Waals surface area contributed by atoms with Crippen LogP contribution < -0.4 is 0 Å². The van der Waals surface area contributed by atoms with Gasteiger partial charge in [-0.15, -0.1) is 0 Å². The molecule has 0 amide bonds. The van der Waals surface area contributed by atoms with E-state index in [0.717, 1.165) is 0 Å². The molecule has 0 saturated carbocycles. The Morgan fingerprint density at radius 2 is 1.72 bits per heavy atom. The minimum Gasteiger partial charge on any atom is -0.375 e. The first kappa shape index (κ1) is 14.6. The quantitative estimate of drug-likeness (QED) is 0.343. The summed E-state index contributed by atoms with van der Waals surface area (Å²) in [6.07, 6.45) is -3.06. The predicted molar refractivity (Wildman–Crippen MR) is 52.1 cm³/mol. The second-order valence-corrected chi connectivity index (χ2v) is 3.39. The zero-order valence-electron chi connectivity index (χ0n) is 9.06. The Kier molecular flexibility index (Phi) is 5.21. The molecule has 0 saturated heterocycles. The average Bonchev–Trinajstić information content (AvgIpc) is 2.28. The van der Waals surface area contributed by atoms with Crippen LogP contribution in [0.5, 0.6) is 0 Å². The fourth-order valence-electron chi connectivity index (χ4n) is 1.21. The summed E-state index contributed by atoms with van der Waals surface area (Å²) in [7, 11) is 0. The van der Waals surface area contributed by atoms with Crippen LogP contribution in [0.25, 0.3) is 0 Å². The van der Waals surface area contributed by atoms with E-state index >= 15 is 0 Å². The summed E-state index contributed by atoms with van der Waals surface area (Å²) in [4.78, 5) is 11.4. The highest BCUT2D eigenvalue weighted by molar-refractivity contribution is 5.96. The Morgan fingerprint density at radius 3 is 2.33 bits per heavy atom. The van der Waals surface area contributed by atoms with Gasteiger partial charge in [0.05, 0.1) is 12.2 Å². The molecule has 0 unspecified atom stereocenters. The molecule has 0 spiro atoms. The van der Waals surface area contributed by atoms with E-state index in [1.165, 1.54) is 0 Å². The molecule has 2 nitrogen and oxygen atoms in total. The third-order valence-corrected chi connectivity index (χ3v) is 2.03. The molecule has 1 aromatic carbocycles. The molecule has 0 aromatic heterocycles. The van der Waals surface area contributed by atoms with Crippen molar-refractivity contribution < 1.29 is 31.5 Å². The molecule has 18 heavy (non-hydrogen) atoms. The normalized spacial score (nSPS) is 11.0. The fraction of sp³-hybridized carbons (Fsp3) is 0.364. The molecule has 100 valence electrons. The van der Waals surface area contributed by atoms with Gasteiger partial charge in [0.25, 0.3) is 6.43 Å². The number of rotatable bonds is 6. The van der Waals surface area contributed by atoms with Crippen molar-refractivity contribution in [1.82, 2.24) is 0 Å². The van der Waals surface area contributed by atoms with Gasteiger partial charge in [-0.05, 0) is 6.07 Å². The van der Waals surface area contributed by atoms with Crippen LogP contribution in [0.15, 0.2) is 12.1 Å². The Labute approximate surface area is 99.4 Å². The zero-order valence-corrected chi connectivity index (χ0v) is 9.06. The van der Waals surface area contributed by atoms with Crippen LogP contribution in [-0.4, -0.2) is 25.4 Å². The van der Waals surface area contributed by atoms with Gasteiger partial charge in [-0.3, -0.25) is 4.79 Å². The van der Waals surface area contributed by atoms with Crippen molar-refractivity contribution in [3.8, 4) is 0 Å². The minimum absolute atomic E-state index is 0.253. The maximum absolute atomic E-state index is 13.1. The molecule has 7 heteroatoms. The van der Waals surface area contributed by atoms with E-state index in [2.05, 4.69) is 4.74 Å². The molecule has 0 aliphatic carbocycles. The van der Waals surface area contributed by atoms with Crippen molar-refractivity contribution in [1.29, 1.82) is 0 Å². The summed E-state index contributed by atoms with van der Waals surface area (Å²) < 4.78 is 66.3. The van der Waals surface area contributed by atoms with Crippen molar-refractivity contribution in [2.75, 3.05) is 13.2 Å². The molecule has 0 atom stereocenters. The highest BCUT2D eigenvalue weighted by atomic mass is 19.3. The number of benzene rings is 1. The SMILES string of the molecule is O=C(CCOCC(F)F)c1cc(F)c(F)cc1F. The van der Waals surface area contributed by atoms with Gasteiger partial charge in [-0.25, -0.2) is 22.0 Å². The van der Waals surface area contributed by atoms with E-state index in [0.29, 0.717) is 6.07 Å². The second kappa shape index (κ2) is 6.44. The van der Waals surface area contributed by atoms with Crippen LogP contribution in [0, 0.1) is 17.5 Å². The second-order valence-electron chi connectivity index (χ2n) is 3.39. The van der Waals surface area contributed by atoms with E-state index in [1.807, 2.05) is 0 Å². The lowest BCUT2D eigenvalue weighted by Crippen LogP contribution is -2.11. The Bertz CT molecular complexity index is 434. The summed E-state index contributed by atoms with van der Waals surface area (Å²) in [5.41, 5.74) is -0.630. The van der Waals surface area contributed by atoms with Crippen LogP contribution in [0.1, 0.15) is 16.8 Å². The Morgan fingerprint density at radius 1 is 1.11 bits per heavy atom. The van der Waals surface area contributed by atoms with Gasteiger partial charge in [-0.1, -0.05) is 0 Å². The third-order valence-electron chi connectivity index (χ3n) is 2.03. The van der Waals surface area contributed by atoms with Crippen LogP contribution in [0.4, 0.5) is 22.0 Å². The minimum atomic E-state index is -2.67. The maximum Gasteiger partial charge on any atom is 0.261 e. The highest BCUT2D eigenvalue weighted by Gasteiger charge is 2.16. The molecular formula is C11H9F5O2. The van der Waals surface area contributed by atoms with Crippen molar-refractivity contribution in [3.05, 3.63) is 35.1 Å². The summed E-state index contributed by atoms with van der Waals surface area (Å²) in [5.74, 6) is -4.81. The topological polar surface area (TPSA) is 26.3 Å². The van der Waals surface area contributed by atoms with Crippen molar-refractivity contribution in [2.24, 2.45) is 0 Å². The molecule has 0 bridgehead atoms. The molecule has 1 aromatic rings. The average molecular weight is 268 g/mol. The van der Waals surface area contributed by atoms with Crippen LogP contribution in [0.3, 0.4) is 0 Å². The number of ketones is 1. The number of halogens is 5. The molecule has 0 aliphatic heterocycles. The summed E-state index contributed by atoms with van der Waals surface area (Å²) >= 11 is 0. The van der Waals surface area contributed by atoms with E-state index in [9.17, 15) is 26.7 Å². The molecule has 1 rings (SSSR count). The first-order valence-electron chi connectivity index (χ1n) is 4.95. The Hall–Kier alpha value is -1.50. The standard InChI is InChI=1S/C11H9F5O2/c12-7-4-9(14)8(13)3-6(7)10(17)1-2-18-5-11(15)16/h3-4,11H,1-2,5H2. The maximum atomic E-state index is 13.1. The highest BCUT2D eigenvalue weighted by Crippen LogP contribution is 2.15. The van der Waals surface area contributed by atoms with Gasteiger partial charge < -0.3 is 4.74 Å². The predicted octanol–water partition coefficient (Wildman–Crippen LogP) is 2.96. The van der Waals surface area contributed by atoms with Gasteiger partial charge in [0.1, 0.15) is 12.4 Å². The first-order valence-corrected chi connectivity index (χ1v) is 4.95. The lowest BCUT2D eigenvalue weighted by molar-refractivity contribution is 0.0169. The molecule has 0 N–H and O–H groups in total. The number of carbonyl (C=O) groups excluding carboxylic acids is 1. The fourth-order valence-corrected chi connectivity index (χ4v) is 1.21. The van der Waals surface area contributed by atoms with Crippen LogP contribution in [0.2, 0.25) is 0 Å². The molecule has 0 heterocycles. The largest absolute Gasteiger partial charge is 0.375 e. The summed E-state index contributed by atoms with van der Waals surface area (Å²) in [6, 6.07) is 0.683. The molecule has 0 aliphatic rings. The first-order chi connectivity index (χ1) is 8.41. The van der Waals surface area contributed by atoms with Crippen molar-refractivity contribution in [2.45, 2.75) is 12.8 Å². The van der Waals surface area contributed by atoms with Gasteiger partial charge in [0.2, 0.25) is 0 Å². The van der Waals surface area contributed by atoms with E-state index < -0.39 is 48.3 Å². The number of ether oxygens (including phenoxy) is 1. The van der Waals surface area contributed by atoms with E-state index in [-0.39, 0.29) is 12.7 Å². The van der Waals surface area contributed by atoms with Crippen molar-refractivity contribution >= 4 is 5.78 Å². The van der Waals surface area contributed by atoms with Gasteiger partial charge in [0, 0.05) is 12.5 Å². The van der Waals surface area contributed by atoms with Gasteiger partial charge in [-0.2, -0.15) is 0 Å².